The van der Waals surface area contributed by atoms with Gasteiger partial charge in [-0.3, -0.25) is 14.4 Å². The zero-order valence-electron chi connectivity index (χ0n) is 33.7. The van der Waals surface area contributed by atoms with Gasteiger partial charge in [-0.15, -0.1) is 0 Å². The van der Waals surface area contributed by atoms with Gasteiger partial charge in [0.15, 0.2) is 0 Å². The Morgan fingerprint density at radius 2 is 1.37 bits per heavy atom. The molecule has 0 radical (unpaired) electrons. The smallest absolute Gasteiger partial charge is 0.330 e. The number of para-hydroxylation sites is 3. The summed E-state index contributed by atoms with van der Waals surface area (Å²) in [7, 11) is 4.89. The van der Waals surface area contributed by atoms with Crippen LogP contribution in [0.1, 0.15) is 71.1 Å². The average molecular weight is 801 g/mol. The van der Waals surface area contributed by atoms with Gasteiger partial charge in [-0.25, -0.2) is 10.2 Å². The lowest BCUT2D eigenvalue weighted by atomic mass is 10.0. The van der Waals surface area contributed by atoms with Crippen LogP contribution in [0.5, 0.6) is 17.2 Å². The van der Waals surface area contributed by atoms with Crippen molar-refractivity contribution < 1.29 is 42.9 Å². The summed E-state index contributed by atoms with van der Waals surface area (Å²) in [5, 5.41) is 7.67. The molecule has 59 heavy (non-hydrogen) atoms. The van der Waals surface area contributed by atoms with Crippen molar-refractivity contribution in [2.24, 2.45) is 16.9 Å². The van der Waals surface area contributed by atoms with E-state index in [1.165, 1.54) is 6.08 Å². The summed E-state index contributed by atoms with van der Waals surface area (Å²) in [6.07, 6.45) is 8.12. The number of carbonyl (C=O) groups excluding carboxylic acids is 4. The maximum Gasteiger partial charge on any atom is 0.330 e. The second-order valence-corrected chi connectivity index (χ2v) is 13.8. The molecule has 2 saturated carbocycles. The van der Waals surface area contributed by atoms with E-state index in [1.807, 2.05) is 85.8 Å². The Kier molecular flexibility index (Phi) is 13.8. The standard InChI is InChI=1S/C21H18N4O3.C13H16O3.C12H14O3/c1-28-18-5-3-2-4-13(18)14-8-15(14)20(26)24-12-6-16-19-11(9-22-17(19)7-12)10-23-25-21(16)27;1-3-16-13(14)11-8-10(11)9-6-4-5-7-12(9)15-2;1-3-15-12(13)9-8-10-6-4-5-7-11(10)14-2/h2-7,9-10,14-15,22H,8H2,1H3,(H,24,26)(H,25,27);4-7,10-11H,3,8H2,1-2H3;4-9H,3H2,1-2H3/b;;9-8+. The van der Waals surface area contributed by atoms with E-state index in [2.05, 4.69) is 20.8 Å². The van der Waals surface area contributed by atoms with Gasteiger partial charge in [-0.05, 0) is 80.1 Å². The van der Waals surface area contributed by atoms with Crippen LogP contribution in [-0.2, 0) is 23.9 Å². The van der Waals surface area contributed by atoms with E-state index in [0.717, 1.165) is 63.2 Å². The Hall–Kier alpha value is -6.89. The molecule has 1 aromatic heterocycles. The topological polar surface area (TPSA) is 167 Å². The number of benzene rings is 4. The molecule has 0 spiro atoms. The molecule has 0 saturated heterocycles. The first-order chi connectivity index (χ1) is 28.7. The minimum atomic E-state index is -0.344. The van der Waals surface area contributed by atoms with E-state index >= 15 is 0 Å². The number of hydrogen-bond donors (Lipinski definition) is 3. The fourth-order valence-corrected chi connectivity index (χ4v) is 7.08. The fourth-order valence-electron chi connectivity index (χ4n) is 7.08. The summed E-state index contributed by atoms with van der Waals surface area (Å²) in [5.41, 5.74) is 8.19. The highest BCUT2D eigenvalue weighted by atomic mass is 16.5. The molecule has 3 N–H and O–H groups in total. The van der Waals surface area contributed by atoms with Crippen LogP contribution >= 0.6 is 0 Å². The maximum absolute atomic E-state index is 12.8. The number of methoxy groups -OCH3 is 3. The highest BCUT2D eigenvalue weighted by molar-refractivity contribution is 6.15. The van der Waals surface area contributed by atoms with Crippen LogP contribution in [0.2, 0.25) is 0 Å². The number of nitrogens with zero attached hydrogens (tertiary/aromatic N) is 1. The number of esters is 2. The highest BCUT2D eigenvalue weighted by Gasteiger charge is 2.46. The maximum atomic E-state index is 12.8. The molecule has 2 aliphatic carbocycles. The molecule has 2 fully saturated rings. The van der Waals surface area contributed by atoms with Crippen molar-refractivity contribution >= 4 is 52.6 Å². The zero-order chi connectivity index (χ0) is 41.9. The van der Waals surface area contributed by atoms with Gasteiger partial charge in [0.05, 0.1) is 52.2 Å². The number of hydrazone groups is 1. The van der Waals surface area contributed by atoms with Gasteiger partial charge in [0.1, 0.15) is 17.2 Å². The van der Waals surface area contributed by atoms with E-state index in [1.54, 1.807) is 52.8 Å². The lowest BCUT2D eigenvalue weighted by Gasteiger charge is -2.10. The van der Waals surface area contributed by atoms with Crippen molar-refractivity contribution in [3.8, 4) is 17.2 Å². The van der Waals surface area contributed by atoms with Gasteiger partial charge < -0.3 is 34.0 Å². The number of aromatic amines is 1. The van der Waals surface area contributed by atoms with E-state index in [4.69, 9.17) is 23.7 Å². The monoisotopic (exact) mass is 800 g/mol. The Bertz CT molecular complexity index is 2370. The predicted octanol–water partition coefficient (Wildman–Crippen LogP) is 7.63. The van der Waals surface area contributed by atoms with Gasteiger partial charge >= 0.3 is 11.9 Å². The number of ether oxygens (including phenoxy) is 5. The summed E-state index contributed by atoms with van der Waals surface area (Å²) in [6.45, 7) is 4.44. The first kappa shape index (κ1) is 41.7. The number of carbonyl (C=O) groups is 4. The number of rotatable bonds is 12. The van der Waals surface area contributed by atoms with Crippen LogP contribution in [0.4, 0.5) is 5.69 Å². The molecule has 13 nitrogen and oxygen atoms in total. The third-order valence-electron chi connectivity index (χ3n) is 10.1. The lowest BCUT2D eigenvalue weighted by molar-refractivity contribution is -0.144. The van der Waals surface area contributed by atoms with E-state index in [9.17, 15) is 19.2 Å². The van der Waals surface area contributed by atoms with Crippen molar-refractivity contribution in [3.05, 3.63) is 125 Å². The largest absolute Gasteiger partial charge is 0.496 e. The second kappa shape index (κ2) is 19.5. The Balaban J connectivity index is 0.000000162. The first-order valence-corrected chi connectivity index (χ1v) is 19.4. The predicted molar refractivity (Wildman–Crippen MR) is 225 cm³/mol. The molecule has 4 atom stereocenters. The SMILES string of the molecule is CCOC(=O)/C=C/c1ccccc1OC.CCOC(=O)C1CC1c1ccccc1OC.COc1ccccc1C1CC1C(=O)Nc1cc2c3c(c[nH]c3c1)C=NNC2=O. The van der Waals surface area contributed by atoms with Crippen molar-refractivity contribution in [1.82, 2.24) is 10.4 Å². The van der Waals surface area contributed by atoms with Crippen LogP contribution in [0.3, 0.4) is 0 Å². The molecule has 5 aromatic rings. The molecule has 3 aliphatic rings. The summed E-state index contributed by atoms with van der Waals surface area (Å²) in [4.78, 5) is 50.8. The molecule has 306 valence electrons. The molecule has 4 aromatic carbocycles. The van der Waals surface area contributed by atoms with Crippen molar-refractivity contribution in [3.63, 3.8) is 0 Å². The molecular formula is C46H48N4O9. The van der Waals surface area contributed by atoms with E-state index in [0.29, 0.717) is 24.5 Å². The summed E-state index contributed by atoms with van der Waals surface area (Å²) >= 11 is 0. The third-order valence-corrected chi connectivity index (χ3v) is 10.1. The summed E-state index contributed by atoms with van der Waals surface area (Å²) < 4.78 is 25.6. The van der Waals surface area contributed by atoms with Crippen molar-refractivity contribution in [1.29, 1.82) is 0 Å². The fraction of sp³-hybridized carbons (Fsp3) is 0.283. The Morgan fingerprint density at radius 1 is 0.780 bits per heavy atom. The molecule has 0 bridgehead atoms. The van der Waals surface area contributed by atoms with Gasteiger partial charge in [-0.2, -0.15) is 5.10 Å². The second-order valence-electron chi connectivity index (χ2n) is 13.8. The van der Waals surface area contributed by atoms with Crippen LogP contribution in [-0.4, -0.2) is 69.5 Å². The minimum Gasteiger partial charge on any atom is -0.496 e. The van der Waals surface area contributed by atoms with Gasteiger partial charge in [-0.1, -0.05) is 54.6 Å². The summed E-state index contributed by atoms with van der Waals surface area (Å²) in [5.74, 6) is 1.96. The summed E-state index contributed by atoms with van der Waals surface area (Å²) in [6, 6.07) is 26.6. The first-order valence-electron chi connectivity index (χ1n) is 19.4. The molecule has 13 heteroatoms. The van der Waals surface area contributed by atoms with Crippen LogP contribution in [0.25, 0.3) is 17.0 Å². The number of anilines is 1. The number of H-pyrrole nitrogens is 1. The van der Waals surface area contributed by atoms with E-state index < -0.39 is 0 Å². The molecule has 2 heterocycles. The third kappa shape index (κ3) is 10.2. The molecule has 2 amide bonds. The Labute approximate surface area is 342 Å². The quantitative estimate of drug-likeness (QED) is 0.0850. The normalized spacial score (nSPS) is 18.2. The van der Waals surface area contributed by atoms with Crippen molar-refractivity contribution in [2.75, 3.05) is 39.9 Å². The Morgan fingerprint density at radius 3 is 2.02 bits per heavy atom. The van der Waals surface area contributed by atoms with E-state index in [-0.39, 0.29) is 47.4 Å². The highest BCUT2D eigenvalue weighted by Crippen LogP contribution is 2.51. The van der Waals surface area contributed by atoms with Crippen LogP contribution in [0, 0.1) is 11.8 Å². The van der Waals surface area contributed by atoms with Gasteiger partial charge in [0.2, 0.25) is 5.91 Å². The number of aromatic nitrogens is 1. The minimum absolute atomic E-state index is 0.0243. The molecule has 8 rings (SSSR count). The number of nitrogens with one attached hydrogen (secondary N) is 3. The zero-order valence-corrected chi connectivity index (χ0v) is 33.7. The van der Waals surface area contributed by atoms with Crippen LogP contribution < -0.4 is 25.0 Å². The number of hydrogen-bond acceptors (Lipinski definition) is 10. The van der Waals surface area contributed by atoms with Crippen LogP contribution in [0.15, 0.2) is 102 Å². The van der Waals surface area contributed by atoms with Crippen molar-refractivity contribution in [2.45, 2.75) is 38.5 Å². The molecule has 4 unspecified atom stereocenters. The molecule has 1 aliphatic heterocycles. The van der Waals surface area contributed by atoms with Gasteiger partial charge in [0.25, 0.3) is 5.91 Å². The number of amides is 2. The molecular weight excluding hydrogens is 753 g/mol. The van der Waals surface area contributed by atoms with Gasteiger partial charge in [0, 0.05) is 51.8 Å². The average Bonchev–Trinajstić information content (AvgIpc) is 4.19. The lowest BCUT2D eigenvalue weighted by Crippen LogP contribution is -2.18.